The van der Waals surface area contributed by atoms with Gasteiger partial charge in [0.15, 0.2) is 0 Å². The van der Waals surface area contributed by atoms with Gasteiger partial charge in [0.05, 0.1) is 12.4 Å². The molecule has 1 aromatic carbocycles. The topological polar surface area (TPSA) is 71.2 Å². The summed E-state index contributed by atoms with van der Waals surface area (Å²) in [4.78, 5) is 3.18. The minimum absolute atomic E-state index is 0. The third-order valence-electron chi connectivity index (χ3n) is 3.29. The van der Waals surface area contributed by atoms with Crippen molar-refractivity contribution in [3.8, 4) is 5.75 Å². The zero-order valence-corrected chi connectivity index (χ0v) is 12.8. The van der Waals surface area contributed by atoms with E-state index < -0.39 is 15.3 Å². The van der Waals surface area contributed by atoms with E-state index in [1.54, 1.807) is 21.0 Å². The minimum Gasteiger partial charge on any atom is -0.497 e. The summed E-state index contributed by atoms with van der Waals surface area (Å²) < 4.78 is 31.2. The van der Waals surface area contributed by atoms with E-state index in [2.05, 4.69) is 9.71 Å². The lowest BCUT2D eigenvalue weighted by Gasteiger charge is -2.09. The van der Waals surface area contributed by atoms with Crippen LogP contribution in [0.3, 0.4) is 0 Å². The number of H-pyrrole nitrogens is 1. The molecule has 1 aromatic heterocycles. The van der Waals surface area contributed by atoms with Crippen LogP contribution in [0.2, 0.25) is 0 Å². The summed E-state index contributed by atoms with van der Waals surface area (Å²) in [6.45, 7) is 3.72. The molecule has 0 amide bonds. The molecule has 5 nitrogen and oxygen atoms in total. The summed E-state index contributed by atoms with van der Waals surface area (Å²) in [6, 6.07) is 5.80. The highest BCUT2D eigenvalue weighted by Gasteiger charge is 2.15. The molecule has 0 aliphatic rings. The van der Waals surface area contributed by atoms with Crippen molar-refractivity contribution in [3.63, 3.8) is 0 Å². The van der Waals surface area contributed by atoms with Gasteiger partial charge in [0.2, 0.25) is 10.0 Å². The van der Waals surface area contributed by atoms with Crippen molar-refractivity contribution < 1.29 is 16.0 Å². The Morgan fingerprint density at radius 1 is 1.40 bits per heavy atom. The molecule has 1 heterocycles. The van der Waals surface area contributed by atoms with Gasteiger partial charge in [0, 0.05) is 26.5 Å². The van der Waals surface area contributed by atoms with Gasteiger partial charge in [-0.2, -0.15) is 0 Å². The fourth-order valence-electron chi connectivity index (χ4n) is 1.99. The number of rotatable bonds is 6. The molecule has 2 N–H and O–H groups in total. The molecule has 0 saturated heterocycles. The fourth-order valence-corrected chi connectivity index (χ4v) is 2.71. The predicted molar refractivity (Wildman–Crippen MR) is 84.8 cm³/mol. The number of hydrogen-bond acceptors (Lipinski definition) is 3. The molecule has 0 radical (unpaired) electrons. The Balaban J connectivity index is 0.00000220. The van der Waals surface area contributed by atoms with Crippen LogP contribution in [0, 0.1) is 0 Å². The zero-order valence-electron chi connectivity index (χ0n) is 11.9. The number of aromatic amines is 1. The number of nitrogens with one attached hydrogen (secondary N) is 2. The largest absolute Gasteiger partial charge is 0.497 e. The molecule has 0 atom stereocenters. The van der Waals surface area contributed by atoms with Crippen LogP contribution in [0.25, 0.3) is 10.9 Å². The van der Waals surface area contributed by atoms with Gasteiger partial charge < -0.3 is 9.72 Å². The van der Waals surface area contributed by atoms with Crippen LogP contribution >= 0.6 is 0 Å². The Kier molecular flexibility index (Phi) is 4.35. The van der Waals surface area contributed by atoms with Crippen LogP contribution < -0.4 is 9.46 Å². The number of aromatic nitrogens is 1. The molecule has 20 heavy (non-hydrogen) atoms. The minimum atomic E-state index is -3.20. The Hall–Kier alpha value is -1.53. The zero-order chi connectivity index (χ0) is 14.8. The smallest absolute Gasteiger partial charge is 0.213 e. The highest BCUT2D eigenvalue weighted by atomic mass is 32.2. The lowest BCUT2D eigenvalue weighted by molar-refractivity contribution is 0.415. The molecule has 0 fully saturated rings. The highest BCUT2D eigenvalue weighted by molar-refractivity contribution is 7.90. The highest BCUT2D eigenvalue weighted by Crippen LogP contribution is 2.23. The van der Waals surface area contributed by atoms with Gasteiger partial charge in [-0.25, -0.2) is 13.1 Å². The van der Waals surface area contributed by atoms with Gasteiger partial charge >= 0.3 is 0 Å². The monoisotopic (exact) mass is 300 g/mol. The fraction of sp³-hybridized carbons (Fsp3) is 0.429. The maximum Gasteiger partial charge on any atom is 0.213 e. The summed E-state index contributed by atoms with van der Waals surface area (Å²) in [7, 11) is -1.57. The van der Waals surface area contributed by atoms with E-state index in [1.165, 1.54) is 0 Å². The van der Waals surface area contributed by atoms with E-state index in [1.807, 2.05) is 24.4 Å². The average Bonchev–Trinajstić information content (AvgIpc) is 2.81. The van der Waals surface area contributed by atoms with Crippen LogP contribution in [0.5, 0.6) is 5.75 Å². The van der Waals surface area contributed by atoms with E-state index in [9.17, 15) is 8.42 Å². The number of methoxy groups -OCH3 is 1. The van der Waals surface area contributed by atoms with Crippen molar-refractivity contribution in [1.82, 2.24) is 9.71 Å². The summed E-state index contributed by atoms with van der Waals surface area (Å²) in [6.07, 6.45) is 2.55. The lowest BCUT2D eigenvalue weighted by Crippen LogP contribution is -2.32. The predicted octanol–water partition coefficient (Wildman–Crippen LogP) is 2.54. The molecule has 0 saturated carbocycles. The molecule has 6 heteroatoms. The first-order valence-corrected chi connectivity index (χ1v) is 8.11. The van der Waals surface area contributed by atoms with Gasteiger partial charge in [-0.3, -0.25) is 0 Å². The first-order chi connectivity index (χ1) is 9.44. The van der Waals surface area contributed by atoms with E-state index in [4.69, 9.17) is 4.74 Å². The second kappa shape index (κ2) is 5.85. The first-order valence-electron chi connectivity index (χ1n) is 6.56. The summed E-state index contributed by atoms with van der Waals surface area (Å²) in [5, 5.41) is 0.652. The molecule has 0 spiro atoms. The Bertz CT molecular complexity index is 699. The molecule has 114 valence electrons. The second-order valence-corrected chi connectivity index (χ2v) is 7.29. The first kappa shape index (κ1) is 14.9. The third-order valence-corrected chi connectivity index (χ3v) is 5.14. The molecule has 0 aliphatic carbocycles. The van der Waals surface area contributed by atoms with Crippen molar-refractivity contribution in [2.75, 3.05) is 13.7 Å². The van der Waals surface area contributed by atoms with E-state index >= 15 is 0 Å². The van der Waals surface area contributed by atoms with Crippen molar-refractivity contribution >= 4 is 20.9 Å². The van der Waals surface area contributed by atoms with Crippen LogP contribution in [-0.2, 0) is 16.4 Å². The Labute approximate surface area is 122 Å². The summed E-state index contributed by atoms with van der Waals surface area (Å²) in [5.41, 5.74) is 2.10. The van der Waals surface area contributed by atoms with Crippen LogP contribution in [-0.4, -0.2) is 32.3 Å². The van der Waals surface area contributed by atoms with Gasteiger partial charge in [-0.05, 0) is 44.0 Å². The number of benzene rings is 1. The average molecular weight is 300 g/mol. The molecular formula is C14H24N2O3S. The number of hydrogen-bond donors (Lipinski definition) is 2. The number of sulfonamides is 1. The maximum atomic E-state index is 11.7. The van der Waals surface area contributed by atoms with Crippen molar-refractivity contribution in [1.29, 1.82) is 0 Å². The third kappa shape index (κ3) is 3.13. The molecule has 2 rings (SSSR count). The molecule has 0 bridgehead atoms. The molecule has 0 aliphatic heterocycles. The normalized spacial score (nSPS) is 12.2. The lowest BCUT2D eigenvalue weighted by atomic mass is 10.1. The van der Waals surface area contributed by atoms with Crippen molar-refractivity contribution in [3.05, 3.63) is 30.0 Å². The van der Waals surface area contributed by atoms with Crippen molar-refractivity contribution in [2.24, 2.45) is 0 Å². The number of ether oxygens (including phenoxy) is 1. The van der Waals surface area contributed by atoms with Crippen LogP contribution in [0.15, 0.2) is 24.4 Å². The van der Waals surface area contributed by atoms with E-state index in [-0.39, 0.29) is 2.85 Å². The SMILES string of the molecule is COc1ccc2[nH]cc(CCNS(=O)(=O)C(C)C)c2c1.[HH].[HH]. The number of fused-ring (bicyclic) bond motifs is 1. The second-order valence-electron chi connectivity index (χ2n) is 4.96. The standard InChI is InChI=1S/C14H20N2O3S.2H2/c1-10(2)20(17,18)16-7-6-11-9-15-14-5-4-12(19-3)8-13(11)14;;/h4-5,8-10,15-16H,6-7H2,1-3H3;2*1H. The molecule has 0 unspecified atom stereocenters. The van der Waals surface area contributed by atoms with Gasteiger partial charge in [0.25, 0.3) is 0 Å². The van der Waals surface area contributed by atoms with Gasteiger partial charge in [0.1, 0.15) is 5.75 Å². The van der Waals surface area contributed by atoms with E-state index in [0.717, 1.165) is 22.2 Å². The van der Waals surface area contributed by atoms with Crippen LogP contribution in [0.4, 0.5) is 0 Å². The van der Waals surface area contributed by atoms with Gasteiger partial charge in [-0.15, -0.1) is 0 Å². The Morgan fingerprint density at radius 3 is 2.80 bits per heavy atom. The summed E-state index contributed by atoms with van der Waals surface area (Å²) in [5.74, 6) is 0.793. The Morgan fingerprint density at radius 2 is 2.15 bits per heavy atom. The summed E-state index contributed by atoms with van der Waals surface area (Å²) >= 11 is 0. The van der Waals surface area contributed by atoms with Gasteiger partial charge in [-0.1, -0.05) is 0 Å². The quantitative estimate of drug-likeness (QED) is 0.861. The van der Waals surface area contributed by atoms with Crippen molar-refractivity contribution in [2.45, 2.75) is 25.5 Å². The molecule has 2 aromatic rings. The van der Waals surface area contributed by atoms with Crippen LogP contribution in [0.1, 0.15) is 22.3 Å². The maximum absolute atomic E-state index is 11.7. The molecular weight excluding hydrogens is 276 g/mol. The van der Waals surface area contributed by atoms with E-state index in [0.29, 0.717) is 13.0 Å².